The summed E-state index contributed by atoms with van der Waals surface area (Å²) in [6.07, 6.45) is 12.7. The lowest BCUT2D eigenvalue weighted by Gasteiger charge is -2.43. The van der Waals surface area contributed by atoms with Gasteiger partial charge in [0.15, 0.2) is 5.82 Å². The van der Waals surface area contributed by atoms with Crippen LogP contribution in [0.15, 0.2) is 23.0 Å². The number of aromatic nitrogens is 5. The fourth-order valence-corrected chi connectivity index (χ4v) is 7.07. The van der Waals surface area contributed by atoms with E-state index < -0.39 is 0 Å². The van der Waals surface area contributed by atoms with E-state index in [1.807, 2.05) is 0 Å². The highest BCUT2D eigenvalue weighted by molar-refractivity contribution is 5.85. The lowest BCUT2D eigenvalue weighted by Crippen LogP contribution is -2.52. The van der Waals surface area contributed by atoms with Gasteiger partial charge in [0.05, 0.1) is 11.6 Å². The number of aryl methyl sites for hydroxylation is 2. The second-order valence-corrected chi connectivity index (χ2v) is 11.6. The molecule has 1 saturated heterocycles. The average molecular weight is 504 g/mol. The van der Waals surface area contributed by atoms with Crippen molar-refractivity contribution in [3.05, 3.63) is 51.1 Å². The Labute approximate surface area is 219 Å². The molecule has 3 aliphatic rings. The van der Waals surface area contributed by atoms with Crippen molar-refractivity contribution >= 4 is 10.9 Å². The van der Waals surface area contributed by atoms with Crippen molar-refractivity contribution in [2.45, 2.75) is 96.2 Å². The van der Waals surface area contributed by atoms with Crippen molar-refractivity contribution < 1.29 is 0 Å². The minimum absolute atomic E-state index is 0.0286. The first-order valence-electron chi connectivity index (χ1n) is 14.5. The molecule has 0 radical (unpaired) electrons. The molecule has 8 nitrogen and oxygen atoms in total. The molecule has 1 N–H and O–H groups in total. The number of rotatable bonds is 5. The number of nitrogens with zero attached hydrogens (tertiary/aromatic N) is 6. The van der Waals surface area contributed by atoms with Crippen LogP contribution in [0.2, 0.25) is 0 Å². The summed E-state index contributed by atoms with van der Waals surface area (Å²) in [6, 6.07) is 7.13. The zero-order valence-corrected chi connectivity index (χ0v) is 22.5. The lowest BCUT2D eigenvalue weighted by atomic mass is 9.93. The first-order chi connectivity index (χ1) is 18.1. The van der Waals surface area contributed by atoms with E-state index in [2.05, 4.69) is 67.0 Å². The first-order valence-corrected chi connectivity index (χ1v) is 14.5. The van der Waals surface area contributed by atoms with E-state index in [0.717, 1.165) is 72.9 Å². The molecule has 6 rings (SSSR count). The van der Waals surface area contributed by atoms with E-state index in [4.69, 9.17) is 0 Å². The number of H-pyrrole nitrogens is 1. The van der Waals surface area contributed by atoms with Gasteiger partial charge in [-0.05, 0) is 67.2 Å². The fourth-order valence-electron chi connectivity index (χ4n) is 7.07. The molecule has 37 heavy (non-hydrogen) atoms. The quantitative estimate of drug-likeness (QED) is 0.545. The predicted molar refractivity (Wildman–Crippen MR) is 146 cm³/mol. The monoisotopic (exact) mass is 503 g/mol. The van der Waals surface area contributed by atoms with Crippen molar-refractivity contribution in [1.29, 1.82) is 0 Å². The maximum Gasteiger partial charge on any atom is 0.253 e. The maximum atomic E-state index is 13.7. The number of piperazine rings is 1. The number of nitrogens with one attached hydrogen (secondary N) is 1. The van der Waals surface area contributed by atoms with Crippen molar-refractivity contribution in [3.8, 4) is 0 Å². The van der Waals surface area contributed by atoms with Crippen molar-refractivity contribution in [2.75, 3.05) is 26.2 Å². The second-order valence-electron chi connectivity index (χ2n) is 11.6. The molecule has 2 aliphatic carbocycles. The summed E-state index contributed by atoms with van der Waals surface area (Å²) in [5.41, 5.74) is 3.93. The van der Waals surface area contributed by atoms with Gasteiger partial charge in [-0.25, -0.2) is 4.68 Å². The van der Waals surface area contributed by atoms with Crippen molar-refractivity contribution in [2.24, 2.45) is 0 Å². The van der Waals surface area contributed by atoms with Gasteiger partial charge in [0, 0.05) is 43.2 Å². The van der Waals surface area contributed by atoms with Gasteiger partial charge in [0.1, 0.15) is 6.04 Å². The Morgan fingerprint density at radius 3 is 2.22 bits per heavy atom. The molecule has 0 bridgehead atoms. The molecule has 0 amide bonds. The molecular formula is C29H41N7O. The van der Waals surface area contributed by atoms with Gasteiger partial charge < -0.3 is 4.98 Å². The molecule has 1 aliphatic heterocycles. The molecule has 3 fully saturated rings. The molecule has 198 valence electrons. The number of hydrogen-bond acceptors (Lipinski definition) is 6. The van der Waals surface area contributed by atoms with E-state index in [9.17, 15) is 4.79 Å². The van der Waals surface area contributed by atoms with E-state index in [0.29, 0.717) is 6.04 Å². The SMILES string of the molecule is Cc1ccc(C)c2[nH]c(=O)c([C@H](c3nnnn3C3CCCCC3)N3CCN(C4CCCCC4)CC3)cc12. The zero-order chi connectivity index (χ0) is 25.4. The molecule has 1 atom stereocenters. The fraction of sp³-hybridized carbons (Fsp3) is 0.655. The molecule has 0 unspecified atom stereocenters. The molecule has 3 aromatic rings. The number of aromatic amines is 1. The van der Waals surface area contributed by atoms with Gasteiger partial charge in [0.25, 0.3) is 5.56 Å². The number of hydrogen-bond donors (Lipinski definition) is 1. The minimum Gasteiger partial charge on any atom is -0.321 e. The van der Waals surface area contributed by atoms with Gasteiger partial charge in [-0.1, -0.05) is 50.7 Å². The van der Waals surface area contributed by atoms with Crippen molar-refractivity contribution in [3.63, 3.8) is 0 Å². The topological polar surface area (TPSA) is 82.9 Å². The highest BCUT2D eigenvalue weighted by atomic mass is 16.1. The van der Waals surface area contributed by atoms with Crippen LogP contribution in [0.5, 0.6) is 0 Å². The van der Waals surface area contributed by atoms with Gasteiger partial charge in [0.2, 0.25) is 0 Å². The van der Waals surface area contributed by atoms with Crippen LogP contribution < -0.4 is 5.56 Å². The van der Waals surface area contributed by atoms with Gasteiger partial charge in [-0.15, -0.1) is 5.10 Å². The van der Waals surface area contributed by atoms with Gasteiger partial charge in [-0.2, -0.15) is 0 Å². The van der Waals surface area contributed by atoms with Gasteiger partial charge >= 0.3 is 0 Å². The van der Waals surface area contributed by atoms with Crippen LogP contribution in [0.1, 0.15) is 98.8 Å². The number of benzene rings is 1. The van der Waals surface area contributed by atoms with Crippen LogP contribution >= 0.6 is 0 Å². The smallest absolute Gasteiger partial charge is 0.253 e. The average Bonchev–Trinajstić information content (AvgIpc) is 3.42. The summed E-state index contributed by atoms with van der Waals surface area (Å²) >= 11 is 0. The molecule has 1 aromatic carbocycles. The van der Waals surface area contributed by atoms with Crippen molar-refractivity contribution in [1.82, 2.24) is 35.0 Å². The van der Waals surface area contributed by atoms with E-state index in [-0.39, 0.29) is 11.6 Å². The maximum absolute atomic E-state index is 13.7. The lowest BCUT2D eigenvalue weighted by molar-refractivity contribution is 0.0610. The molecule has 8 heteroatoms. The molecule has 2 saturated carbocycles. The first kappa shape index (κ1) is 24.7. The number of fused-ring (bicyclic) bond motifs is 1. The second kappa shape index (κ2) is 10.7. The molecular weight excluding hydrogens is 462 g/mol. The normalized spacial score (nSPS) is 22.0. The van der Waals surface area contributed by atoms with Gasteiger partial charge in [-0.3, -0.25) is 14.6 Å². The minimum atomic E-state index is -0.251. The third-order valence-electron chi connectivity index (χ3n) is 9.26. The Morgan fingerprint density at radius 2 is 1.51 bits per heavy atom. The number of pyridine rings is 1. The molecule has 2 aromatic heterocycles. The highest BCUT2D eigenvalue weighted by Crippen LogP contribution is 2.34. The van der Waals surface area contributed by atoms with Crippen LogP contribution in [0, 0.1) is 13.8 Å². The molecule has 0 spiro atoms. The number of tetrazole rings is 1. The van der Waals surface area contributed by atoms with Crippen LogP contribution in [0.25, 0.3) is 10.9 Å². The summed E-state index contributed by atoms with van der Waals surface area (Å²) in [7, 11) is 0. The summed E-state index contributed by atoms with van der Waals surface area (Å²) in [6.45, 7) is 8.09. The highest BCUT2D eigenvalue weighted by Gasteiger charge is 2.35. The summed E-state index contributed by atoms with van der Waals surface area (Å²) < 4.78 is 2.06. The van der Waals surface area contributed by atoms with Crippen LogP contribution in [0.4, 0.5) is 0 Å². The Hall–Kier alpha value is -2.58. The Morgan fingerprint density at radius 1 is 0.865 bits per heavy atom. The Kier molecular flexibility index (Phi) is 7.12. The third-order valence-corrected chi connectivity index (χ3v) is 9.26. The van der Waals surface area contributed by atoms with E-state index in [1.165, 1.54) is 56.9 Å². The molecule has 3 heterocycles. The summed E-state index contributed by atoms with van der Waals surface area (Å²) in [5.74, 6) is 0.827. The third kappa shape index (κ3) is 4.86. The Bertz CT molecular complexity index is 1280. The van der Waals surface area contributed by atoms with E-state index in [1.54, 1.807) is 0 Å². The largest absolute Gasteiger partial charge is 0.321 e. The predicted octanol–water partition coefficient (Wildman–Crippen LogP) is 4.68. The van der Waals surface area contributed by atoms with E-state index >= 15 is 0 Å². The summed E-state index contributed by atoms with van der Waals surface area (Å²) in [4.78, 5) is 22.1. The standard InChI is InChI=1S/C29H41N7O/c1-20-13-14-21(2)26-24(20)19-25(29(37)30-26)27(28-31-32-33-36(28)23-11-7-4-8-12-23)35-17-15-34(16-18-35)22-9-5-3-6-10-22/h13-14,19,22-23,27H,3-12,15-18H2,1-2H3,(H,30,37)/t27-/m1/s1. The zero-order valence-electron chi connectivity index (χ0n) is 22.5. The summed E-state index contributed by atoms with van der Waals surface area (Å²) in [5, 5.41) is 14.4. The van der Waals surface area contributed by atoms with Crippen LogP contribution in [-0.4, -0.2) is 67.2 Å². The van der Waals surface area contributed by atoms with Crippen LogP contribution in [-0.2, 0) is 0 Å². The van der Waals surface area contributed by atoms with Crippen LogP contribution in [0.3, 0.4) is 0 Å². The Balaban J connectivity index is 1.39.